The van der Waals surface area contributed by atoms with E-state index >= 15 is 0 Å². The van der Waals surface area contributed by atoms with E-state index in [2.05, 4.69) is 0 Å². The Morgan fingerprint density at radius 1 is 0.900 bits per heavy atom. The summed E-state index contributed by atoms with van der Waals surface area (Å²) in [6.07, 6.45) is -1.88. The van der Waals surface area contributed by atoms with Crippen molar-refractivity contribution >= 4 is 35.5 Å². The number of carbonyl (C=O) groups excluding carboxylic acids is 2. The molecule has 20 heavy (non-hydrogen) atoms. The quantitative estimate of drug-likeness (QED) is 0.524. The second-order valence-electron chi connectivity index (χ2n) is 3.77. The average Bonchev–Trinajstić information content (AvgIpc) is 2.39. The summed E-state index contributed by atoms with van der Waals surface area (Å²) in [5.74, 6) is 0.0906. The van der Waals surface area contributed by atoms with Crippen LogP contribution in [0, 0.1) is 0 Å². The van der Waals surface area contributed by atoms with Gasteiger partial charge in [0.25, 0.3) is 0 Å². The van der Waals surface area contributed by atoms with Gasteiger partial charge in [-0.1, -0.05) is 0 Å². The Morgan fingerprint density at radius 3 is 1.55 bits per heavy atom. The van der Waals surface area contributed by atoms with E-state index in [9.17, 15) is 19.8 Å². The van der Waals surface area contributed by atoms with Crippen LogP contribution in [0.2, 0.25) is 0 Å². The summed E-state index contributed by atoms with van der Waals surface area (Å²) >= 11 is 2.40. The highest BCUT2D eigenvalue weighted by molar-refractivity contribution is 8.00. The predicted octanol–water partition coefficient (Wildman–Crippen LogP) is 0.301. The van der Waals surface area contributed by atoms with Crippen LogP contribution in [0.3, 0.4) is 0 Å². The summed E-state index contributed by atoms with van der Waals surface area (Å²) in [6.45, 7) is 4.11. The van der Waals surface area contributed by atoms with Gasteiger partial charge in [-0.05, 0) is 13.8 Å². The van der Waals surface area contributed by atoms with E-state index in [-0.39, 0.29) is 35.0 Å². The fourth-order valence-electron chi connectivity index (χ4n) is 1.15. The Bertz CT molecular complexity index is 259. The van der Waals surface area contributed by atoms with Gasteiger partial charge in [0.15, 0.2) is 0 Å². The van der Waals surface area contributed by atoms with Crippen molar-refractivity contribution in [3.05, 3.63) is 0 Å². The van der Waals surface area contributed by atoms with Gasteiger partial charge in [0, 0.05) is 11.5 Å². The number of ether oxygens (including phenoxy) is 2. The molecule has 0 aliphatic heterocycles. The molecule has 0 saturated carbocycles. The highest BCUT2D eigenvalue weighted by Crippen LogP contribution is 2.11. The first-order chi connectivity index (χ1) is 9.51. The number of hydrogen-bond acceptors (Lipinski definition) is 8. The Kier molecular flexibility index (Phi) is 12.0. The molecule has 118 valence electrons. The van der Waals surface area contributed by atoms with Crippen LogP contribution in [0.5, 0.6) is 0 Å². The van der Waals surface area contributed by atoms with Crippen molar-refractivity contribution in [3.8, 4) is 0 Å². The lowest BCUT2D eigenvalue weighted by Crippen LogP contribution is -2.31. The molecule has 0 spiro atoms. The third-order valence-corrected chi connectivity index (χ3v) is 4.11. The molecule has 0 heterocycles. The maximum Gasteiger partial charge on any atom is 0.315 e. The first-order valence-corrected chi connectivity index (χ1v) is 8.65. The summed E-state index contributed by atoms with van der Waals surface area (Å²) in [5.41, 5.74) is 0. The lowest BCUT2D eigenvalue weighted by atomic mass is 10.3. The van der Waals surface area contributed by atoms with Crippen molar-refractivity contribution in [1.29, 1.82) is 0 Å². The predicted molar refractivity (Wildman–Crippen MR) is 79.9 cm³/mol. The van der Waals surface area contributed by atoms with Crippen LogP contribution < -0.4 is 0 Å². The molecule has 0 fully saturated rings. The molecule has 0 aromatic carbocycles. The van der Waals surface area contributed by atoms with Gasteiger partial charge in [-0.15, -0.1) is 23.5 Å². The SMILES string of the molecule is CCOC(=O)CSCC(O)C(O)CSCC(=O)OCC. The van der Waals surface area contributed by atoms with Crippen molar-refractivity contribution in [3.63, 3.8) is 0 Å². The van der Waals surface area contributed by atoms with Gasteiger partial charge in [0.05, 0.1) is 36.9 Å². The number of carbonyl (C=O) groups is 2. The number of aliphatic hydroxyl groups is 2. The van der Waals surface area contributed by atoms with Crippen molar-refractivity contribution < 1.29 is 29.3 Å². The number of rotatable bonds is 11. The molecule has 0 aliphatic carbocycles. The molecular weight excluding hydrogens is 304 g/mol. The van der Waals surface area contributed by atoms with E-state index in [0.717, 1.165) is 0 Å². The van der Waals surface area contributed by atoms with Gasteiger partial charge in [-0.25, -0.2) is 0 Å². The molecule has 2 atom stereocenters. The Hall–Kier alpha value is -0.440. The zero-order chi connectivity index (χ0) is 15.4. The molecule has 2 unspecified atom stereocenters. The summed E-state index contributed by atoms with van der Waals surface area (Å²) < 4.78 is 9.48. The fraction of sp³-hybridized carbons (Fsp3) is 0.833. The number of aliphatic hydroxyl groups excluding tert-OH is 2. The monoisotopic (exact) mass is 326 g/mol. The third-order valence-electron chi connectivity index (χ3n) is 2.07. The maximum absolute atomic E-state index is 11.1. The van der Waals surface area contributed by atoms with Crippen LogP contribution in [0.15, 0.2) is 0 Å². The van der Waals surface area contributed by atoms with Gasteiger partial charge < -0.3 is 19.7 Å². The normalized spacial score (nSPS) is 13.6. The molecule has 6 nitrogen and oxygen atoms in total. The minimum absolute atomic E-state index is 0.146. The minimum Gasteiger partial charge on any atom is -0.465 e. The molecule has 8 heteroatoms. The second kappa shape index (κ2) is 12.3. The van der Waals surface area contributed by atoms with E-state index in [1.165, 1.54) is 23.5 Å². The molecule has 2 N–H and O–H groups in total. The molecule has 0 saturated heterocycles. The van der Waals surface area contributed by atoms with Crippen LogP contribution in [-0.2, 0) is 19.1 Å². The van der Waals surface area contributed by atoms with Gasteiger partial charge in [-0.2, -0.15) is 0 Å². The van der Waals surface area contributed by atoms with Crippen molar-refractivity contribution in [2.45, 2.75) is 26.1 Å². The lowest BCUT2D eigenvalue weighted by Gasteiger charge is -2.16. The van der Waals surface area contributed by atoms with E-state index in [1.807, 2.05) is 0 Å². The number of thioether (sulfide) groups is 2. The van der Waals surface area contributed by atoms with Crippen LogP contribution in [0.1, 0.15) is 13.8 Å². The largest absolute Gasteiger partial charge is 0.465 e. The van der Waals surface area contributed by atoms with Crippen LogP contribution in [0.25, 0.3) is 0 Å². The standard InChI is InChI=1S/C12H22O6S2/c1-3-17-11(15)7-19-5-9(13)10(14)6-20-8-12(16)18-4-2/h9-10,13-14H,3-8H2,1-2H3. The van der Waals surface area contributed by atoms with Gasteiger partial charge in [0.2, 0.25) is 0 Å². The summed E-state index contributed by atoms with van der Waals surface area (Å²) in [5, 5.41) is 19.4. The molecular formula is C12H22O6S2. The van der Waals surface area contributed by atoms with E-state index in [1.54, 1.807) is 13.8 Å². The lowest BCUT2D eigenvalue weighted by molar-refractivity contribution is -0.140. The summed E-state index contributed by atoms with van der Waals surface area (Å²) in [7, 11) is 0. The molecule has 0 radical (unpaired) electrons. The third kappa shape index (κ3) is 10.4. The van der Waals surface area contributed by atoms with Crippen molar-refractivity contribution in [2.75, 3.05) is 36.2 Å². The zero-order valence-electron chi connectivity index (χ0n) is 11.7. The first-order valence-electron chi connectivity index (χ1n) is 6.34. The summed E-state index contributed by atoms with van der Waals surface area (Å²) in [4.78, 5) is 22.1. The first kappa shape index (κ1) is 19.6. The fourth-order valence-corrected chi connectivity index (χ4v) is 2.82. The number of hydrogen-bond donors (Lipinski definition) is 2. The number of esters is 2. The Labute approximate surface area is 127 Å². The van der Waals surface area contributed by atoms with E-state index < -0.39 is 12.2 Å². The molecule has 0 rings (SSSR count). The zero-order valence-corrected chi connectivity index (χ0v) is 13.4. The highest BCUT2D eigenvalue weighted by Gasteiger charge is 2.17. The molecule has 0 aliphatic rings. The highest BCUT2D eigenvalue weighted by atomic mass is 32.2. The summed E-state index contributed by atoms with van der Waals surface area (Å²) in [6, 6.07) is 0. The topological polar surface area (TPSA) is 93.1 Å². The molecule has 0 aromatic rings. The molecule has 0 aromatic heterocycles. The Morgan fingerprint density at radius 2 is 1.25 bits per heavy atom. The second-order valence-corrected chi connectivity index (χ2v) is 5.84. The maximum atomic E-state index is 11.1. The van der Waals surface area contributed by atoms with Gasteiger partial charge in [-0.3, -0.25) is 9.59 Å². The van der Waals surface area contributed by atoms with Gasteiger partial charge >= 0.3 is 11.9 Å². The van der Waals surface area contributed by atoms with Crippen molar-refractivity contribution in [2.24, 2.45) is 0 Å². The average molecular weight is 326 g/mol. The van der Waals surface area contributed by atoms with E-state index in [0.29, 0.717) is 13.2 Å². The van der Waals surface area contributed by atoms with Crippen LogP contribution >= 0.6 is 23.5 Å². The molecule has 0 bridgehead atoms. The molecule has 0 amide bonds. The minimum atomic E-state index is -0.941. The van der Waals surface area contributed by atoms with Crippen molar-refractivity contribution in [1.82, 2.24) is 0 Å². The van der Waals surface area contributed by atoms with Crippen LogP contribution in [-0.4, -0.2) is 70.6 Å². The van der Waals surface area contributed by atoms with Crippen LogP contribution in [0.4, 0.5) is 0 Å². The van der Waals surface area contributed by atoms with Gasteiger partial charge in [0.1, 0.15) is 0 Å². The Balaban J connectivity index is 3.67. The van der Waals surface area contributed by atoms with E-state index in [4.69, 9.17) is 9.47 Å². The smallest absolute Gasteiger partial charge is 0.315 e.